The van der Waals surface area contributed by atoms with Gasteiger partial charge in [0.05, 0.1) is 18.8 Å². The van der Waals surface area contributed by atoms with Gasteiger partial charge in [-0.25, -0.2) is 0 Å². The van der Waals surface area contributed by atoms with Gasteiger partial charge in [-0.1, -0.05) is 59.1 Å². The molecule has 1 unspecified atom stereocenters. The summed E-state index contributed by atoms with van der Waals surface area (Å²) in [5.74, 6) is 0.563. The molecule has 8 heteroatoms. The summed E-state index contributed by atoms with van der Waals surface area (Å²) >= 11 is 19.2. The first-order chi connectivity index (χ1) is 16.0. The van der Waals surface area contributed by atoms with Crippen LogP contribution in [0.1, 0.15) is 33.2 Å². The summed E-state index contributed by atoms with van der Waals surface area (Å²) in [6.45, 7) is 0.312. The van der Waals surface area contributed by atoms with Crippen LogP contribution in [0.25, 0.3) is 11.3 Å². The van der Waals surface area contributed by atoms with E-state index in [4.69, 9.17) is 39.5 Å². The van der Waals surface area contributed by atoms with E-state index in [9.17, 15) is 4.79 Å². The number of nitrogens with zero attached hydrogens (tertiary/aromatic N) is 2. The Labute approximate surface area is 205 Å². The smallest absolute Gasteiger partial charge is 0.273 e. The number of halogens is 3. The maximum Gasteiger partial charge on any atom is 0.273 e. The maximum atomic E-state index is 13.5. The normalized spacial score (nSPS) is 15.1. The van der Waals surface area contributed by atoms with Gasteiger partial charge in [0, 0.05) is 32.7 Å². The van der Waals surface area contributed by atoms with Gasteiger partial charge in [-0.15, -0.1) is 0 Å². The molecule has 1 aliphatic rings. The van der Waals surface area contributed by atoms with E-state index in [1.54, 1.807) is 24.1 Å². The Bertz CT molecular complexity index is 1350. The number of hydrogen-bond donors (Lipinski definition) is 1. The number of ether oxygens (including phenoxy) is 1. The fourth-order valence-electron chi connectivity index (χ4n) is 4.19. The second-order valence-electron chi connectivity index (χ2n) is 7.68. The molecule has 0 saturated carbocycles. The van der Waals surface area contributed by atoms with Gasteiger partial charge in [0.1, 0.15) is 11.4 Å². The highest BCUT2D eigenvalue weighted by Gasteiger charge is 2.43. The molecule has 1 atom stereocenters. The molecular formula is C25H18Cl3N3O2. The van der Waals surface area contributed by atoms with Crippen molar-refractivity contribution in [3.8, 4) is 17.0 Å². The predicted octanol–water partition coefficient (Wildman–Crippen LogP) is 6.79. The molecule has 5 rings (SSSR count). The largest absolute Gasteiger partial charge is 0.497 e. The fraction of sp³-hybridized carbons (Fsp3) is 0.120. The molecule has 5 nitrogen and oxygen atoms in total. The van der Waals surface area contributed by atoms with Crippen molar-refractivity contribution in [1.29, 1.82) is 0 Å². The van der Waals surface area contributed by atoms with Crippen molar-refractivity contribution in [1.82, 2.24) is 15.1 Å². The van der Waals surface area contributed by atoms with Gasteiger partial charge in [0.2, 0.25) is 0 Å². The zero-order chi connectivity index (χ0) is 23.1. The first-order valence-electron chi connectivity index (χ1n) is 10.2. The van der Waals surface area contributed by atoms with E-state index in [2.05, 4.69) is 10.2 Å². The third kappa shape index (κ3) is 3.86. The molecular weight excluding hydrogens is 481 g/mol. The molecule has 0 spiro atoms. The number of aromatic nitrogens is 2. The zero-order valence-corrected chi connectivity index (χ0v) is 19.7. The van der Waals surface area contributed by atoms with Crippen molar-refractivity contribution >= 4 is 40.7 Å². The van der Waals surface area contributed by atoms with Crippen LogP contribution in [-0.4, -0.2) is 28.1 Å². The number of hydrogen-bond acceptors (Lipinski definition) is 3. The van der Waals surface area contributed by atoms with Crippen LogP contribution < -0.4 is 4.74 Å². The average Bonchev–Trinajstić information content (AvgIpc) is 3.35. The van der Waals surface area contributed by atoms with Crippen LogP contribution >= 0.6 is 34.8 Å². The molecule has 0 aliphatic carbocycles. The molecule has 4 aromatic rings. The van der Waals surface area contributed by atoms with Crippen molar-refractivity contribution in [3.63, 3.8) is 0 Å². The van der Waals surface area contributed by atoms with Crippen molar-refractivity contribution in [3.05, 3.63) is 104 Å². The summed E-state index contributed by atoms with van der Waals surface area (Å²) in [6, 6.07) is 19.9. The molecule has 0 bridgehead atoms. The summed E-state index contributed by atoms with van der Waals surface area (Å²) in [5.41, 5.74) is 4.34. The molecule has 0 saturated heterocycles. The maximum absolute atomic E-state index is 13.5. The van der Waals surface area contributed by atoms with Crippen molar-refractivity contribution in [2.75, 3.05) is 7.11 Å². The SMILES string of the molecule is COc1ccc(-c2n[nH]c3c2C(c2ccc(Cl)cc2Cl)N(Cc2ccccc2Cl)C3=O)cc1. The summed E-state index contributed by atoms with van der Waals surface area (Å²) in [5, 5.41) is 9.02. The first-order valence-corrected chi connectivity index (χ1v) is 11.3. The van der Waals surface area contributed by atoms with Crippen LogP contribution in [0.5, 0.6) is 5.75 Å². The Morgan fingerprint density at radius 1 is 1.00 bits per heavy atom. The van der Waals surface area contributed by atoms with E-state index in [1.165, 1.54) is 0 Å². The molecule has 0 radical (unpaired) electrons. The minimum absolute atomic E-state index is 0.173. The highest BCUT2D eigenvalue weighted by Crippen LogP contribution is 2.46. The van der Waals surface area contributed by atoms with E-state index >= 15 is 0 Å². The lowest BCUT2D eigenvalue weighted by Crippen LogP contribution is -2.29. The quantitative estimate of drug-likeness (QED) is 0.329. The Morgan fingerprint density at radius 3 is 2.45 bits per heavy atom. The number of rotatable bonds is 5. The standard InChI is InChI=1S/C25H18Cl3N3O2/c1-33-17-9-6-14(7-10-17)22-21-23(30-29-22)25(32)31(13-15-4-2-3-5-19(15)27)24(21)18-11-8-16(26)12-20(18)28/h2-12,24H,13H2,1H3,(H,29,30). The van der Waals surface area contributed by atoms with Crippen molar-refractivity contribution in [2.24, 2.45) is 0 Å². The van der Waals surface area contributed by atoms with Gasteiger partial charge in [-0.3, -0.25) is 9.89 Å². The third-order valence-electron chi connectivity index (χ3n) is 5.78. The van der Waals surface area contributed by atoms with Crippen molar-refractivity contribution in [2.45, 2.75) is 12.6 Å². The lowest BCUT2D eigenvalue weighted by molar-refractivity contribution is 0.0730. The highest BCUT2D eigenvalue weighted by atomic mass is 35.5. The van der Waals surface area contributed by atoms with Gasteiger partial charge in [0.15, 0.2) is 0 Å². The van der Waals surface area contributed by atoms with Crippen LogP contribution in [0.15, 0.2) is 66.7 Å². The lowest BCUT2D eigenvalue weighted by atomic mass is 9.95. The third-order valence-corrected chi connectivity index (χ3v) is 6.71. The number of H-pyrrole nitrogens is 1. The number of methoxy groups -OCH3 is 1. The van der Waals surface area contributed by atoms with E-state index in [1.807, 2.05) is 54.6 Å². The molecule has 1 aliphatic heterocycles. The van der Waals surface area contributed by atoms with Crippen LogP contribution in [0, 0.1) is 0 Å². The molecule has 3 aromatic carbocycles. The van der Waals surface area contributed by atoms with Crippen LogP contribution in [0.2, 0.25) is 15.1 Å². The minimum atomic E-state index is -0.468. The molecule has 1 N–H and O–H groups in total. The van der Waals surface area contributed by atoms with Gasteiger partial charge < -0.3 is 9.64 Å². The molecule has 2 heterocycles. The number of nitrogens with one attached hydrogen (secondary N) is 1. The number of aromatic amines is 1. The van der Waals surface area contributed by atoms with Gasteiger partial charge >= 0.3 is 0 Å². The van der Waals surface area contributed by atoms with E-state index in [0.29, 0.717) is 33.0 Å². The topological polar surface area (TPSA) is 58.2 Å². The second-order valence-corrected chi connectivity index (χ2v) is 8.93. The van der Waals surface area contributed by atoms with Gasteiger partial charge in [-0.2, -0.15) is 5.10 Å². The van der Waals surface area contributed by atoms with Crippen LogP contribution in [0.3, 0.4) is 0 Å². The van der Waals surface area contributed by atoms with Gasteiger partial charge in [-0.05, 0) is 53.6 Å². The number of fused-ring (bicyclic) bond motifs is 1. The number of carbonyl (C=O) groups excluding carboxylic acids is 1. The molecule has 0 fully saturated rings. The Balaban J connectivity index is 1.66. The highest BCUT2D eigenvalue weighted by molar-refractivity contribution is 6.35. The fourth-order valence-corrected chi connectivity index (χ4v) is 4.89. The molecule has 1 amide bonds. The first kappa shape index (κ1) is 21.8. The number of benzene rings is 3. The minimum Gasteiger partial charge on any atom is -0.497 e. The molecule has 166 valence electrons. The van der Waals surface area contributed by atoms with E-state index in [-0.39, 0.29) is 5.91 Å². The lowest BCUT2D eigenvalue weighted by Gasteiger charge is -2.27. The molecule has 1 aromatic heterocycles. The van der Waals surface area contributed by atoms with E-state index < -0.39 is 6.04 Å². The Hall–Kier alpha value is -2.99. The van der Waals surface area contributed by atoms with Gasteiger partial charge in [0.25, 0.3) is 5.91 Å². The van der Waals surface area contributed by atoms with Crippen molar-refractivity contribution < 1.29 is 9.53 Å². The van der Waals surface area contributed by atoms with E-state index in [0.717, 1.165) is 28.0 Å². The molecule has 33 heavy (non-hydrogen) atoms. The predicted molar refractivity (Wildman–Crippen MR) is 130 cm³/mol. The number of amides is 1. The average molecular weight is 499 g/mol. The monoisotopic (exact) mass is 497 g/mol. The zero-order valence-electron chi connectivity index (χ0n) is 17.5. The Morgan fingerprint density at radius 2 is 1.76 bits per heavy atom. The summed E-state index contributed by atoms with van der Waals surface area (Å²) in [4.78, 5) is 15.3. The number of carbonyl (C=O) groups is 1. The Kier molecular flexibility index (Phi) is 5.79. The second kappa shape index (κ2) is 8.75. The van der Waals surface area contributed by atoms with Crippen LogP contribution in [-0.2, 0) is 6.54 Å². The summed E-state index contributed by atoms with van der Waals surface area (Å²) in [6.07, 6.45) is 0. The summed E-state index contributed by atoms with van der Waals surface area (Å²) in [7, 11) is 1.62. The van der Waals surface area contributed by atoms with Crippen LogP contribution in [0.4, 0.5) is 0 Å². The summed E-state index contributed by atoms with van der Waals surface area (Å²) < 4.78 is 5.28.